The number of pyridine rings is 1. The lowest BCUT2D eigenvalue weighted by Gasteiger charge is -2.06. The Morgan fingerprint density at radius 1 is 1.62 bits per heavy atom. The smallest absolute Gasteiger partial charge is 0.171 e. The van der Waals surface area contributed by atoms with Crippen LogP contribution in [0.15, 0.2) is 17.4 Å². The Labute approximate surface area is 93.7 Å². The third-order valence-corrected chi connectivity index (χ3v) is 2.85. The van der Waals surface area contributed by atoms with E-state index in [0.717, 1.165) is 6.26 Å². The average Bonchev–Trinajstić information content (AvgIpc) is 2.18. The molecule has 16 heavy (non-hydrogen) atoms. The Morgan fingerprint density at radius 2 is 2.25 bits per heavy atom. The Morgan fingerprint density at radius 3 is 2.75 bits per heavy atom. The number of rotatable bonds is 3. The molecule has 1 rings (SSSR count). The fraction of sp³-hybridized carbons (Fsp3) is 0.333. The summed E-state index contributed by atoms with van der Waals surface area (Å²) in [5.74, 6) is -0.208. The van der Waals surface area contributed by atoms with Crippen molar-refractivity contribution in [2.75, 3.05) is 6.26 Å². The number of nitrogens with two attached hydrogens (primary N) is 1. The molecule has 0 aliphatic heterocycles. The lowest BCUT2D eigenvalue weighted by Crippen LogP contribution is -2.15. The van der Waals surface area contributed by atoms with Crippen molar-refractivity contribution in [1.82, 2.24) is 4.98 Å². The van der Waals surface area contributed by atoms with E-state index in [1.54, 1.807) is 13.0 Å². The molecule has 88 valence electrons. The van der Waals surface area contributed by atoms with Crippen LogP contribution in [0.5, 0.6) is 0 Å². The van der Waals surface area contributed by atoms with E-state index in [2.05, 4.69) is 10.1 Å². The van der Waals surface area contributed by atoms with Gasteiger partial charge in [-0.1, -0.05) is 5.16 Å². The van der Waals surface area contributed by atoms with Crippen LogP contribution in [0.2, 0.25) is 0 Å². The maximum atomic E-state index is 11.2. The molecule has 0 aromatic carbocycles. The highest BCUT2D eigenvalue weighted by atomic mass is 32.2. The molecular formula is C9H13N3O3S. The average molecular weight is 243 g/mol. The van der Waals surface area contributed by atoms with Gasteiger partial charge < -0.3 is 10.9 Å². The van der Waals surface area contributed by atoms with E-state index in [9.17, 15) is 8.42 Å². The largest absolute Gasteiger partial charge is 0.409 e. The topological polar surface area (TPSA) is 106 Å². The van der Waals surface area contributed by atoms with Crippen LogP contribution in [0, 0.1) is 6.92 Å². The van der Waals surface area contributed by atoms with Crippen LogP contribution in [-0.2, 0) is 15.6 Å². The van der Waals surface area contributed by atoms with Crippen LogP contribution in [0.4, 0.5) is 0 Å². The Bertz CT molecular complexity index is 523. The number of hydrogen-bond donors (Lipinski definition) is 2. The minimum Gasteiger partial charge on any atom is -0.409 e. The standard InChI is InChI=1S/C9H13N3O3S/c1-6-8(5-16(2,14)15)3-7(4-11-6)9(10)12-13/h3-4,13H,5H2,1-2H3,(H2,10,12). The number of amidine groups is 1. The van der Waals surface area contributed by atoms with E-state index in [1.807, 2.05) is 0 Å². The predicted molar refractivity (Wildman–Crippen MR) is 60.0 cm³/mol. The molecule has 0 saturated heterocycles. The van der Waals surface area contributed by atoms with Gasteiger partial charge in [-0.25, -0.2) is 8.42 Å². The lowest BCUT2D eigenvalue weighted by atomic mass is 10.1. The molecule has 0 aliphatic carbocycles. The van der Waals surface area contributed by atoms with E-state index < -0.39 is 9.84 Å². The van der Waals surface area contributed by atoms with Crippen LogP contribution in [0.3, 0.4) is 0 Å². The summed E-state index contributed by atoms with van der Waals surface area (Å²) in [6, 6.07) is 1.55. The van der Waals surface area contributed by atoms with Crippen LogP contribution in [0.1, 0.15) is 16.8 Å². The van der Waals surface area contributed by atoms with Gasteiger partial charge in [0.25, 0.3) is 0 Å². The van der Waals surface area contributed by atoms with Crippen LogP contribution in [-0.4, -0.2) is 30.7 Å². The Balaban J connectivity index is 3.19. The van der Waals surface area contributed by atoms with Crippen molar-refractivity contribution in [3.63, 3.8) is 0 Å². The number of sulfone groups is 1. The first kappa shape index (κ1) is 12.4. The van der Waals surface area contributed by atoms with Crippen molar-refractivity contribution in [2.45, 2.75) is 12.7 Å². The second-order valence-electron chi connectivity index (χ2n) is 3.52. The molecule has 1 aromatic rings. The molecule has 1 aromatic heterocycles. The summed E-state index contributed by atoms with van der Waals surface area (Å²) in [4.78, 5) is 4.00. The van der Waals surface area contributed by atoms with Gasteiger partial charge in [0.1, 0.15) is 0 Å². The number of nitrogens with zero attached hydrogens (tertiary/aromatic N) is 2. The molecule has 0 aliphatic rings. The van der Waals surface area contributed by atoms with Crippen LogP contribution < -0.4 is 5.73 Å². The van der Waals surface area contributed by atoms with Gasteiger partial charge in [-0.15, -0.1) is 0 Å². The molecule has 7 heteroatoms. The maximum absolute atomic E-state index is 11.2. The van der Waals surface area contributed by atoms with Crippen molar-refractivity contribution in [3.8, 4) is 0 Å². The van der Waals surface area contributed by atoms with Gasteiger partial charge in [-0.2, -0.15) is 0 Å². The molecular weight excluding hydrogens is 230 g/mol. The van der Waals surface area contributed by atoms with E-state index in [0.29, 0.717) is 16.8 Å². The van der Waals surface area contributed by atoms with Crippen molar-refractivity contribution >= 4 is 15.7 Å². The maximum Gasteiger partial charge on any atom is 0.171 e. The van der Waals surface area contributed by atoms with E-state index in [-0.39, 0.29) is 11.6 Å². The Kier molecular flexibility index (Phi) is 3.48. The highest BCUT2D eigenvalue weighted by molar-refractivity contribution is 7.89. The van der Waals surface area contributed by atoms with Crippen LogP contribution >= 0.6 is 0 Å². The molecule has 0 bridgehead atoms. The van der Waals surface area contributed by atoms with E-state index in [1.165, 1.54) is 6.20 Å². The van der Waals surface area contributed by atoms with Crippen molar-refractivity contribution in [1.29, 1.82) is 0 Å². The summed E-state index contributed by atoms with van der Waals surface area (Å²) < 4.78 is 22.3. The summed E-state index contributed by atoms with van der Waals surface area (Å²) in [5.41, 5.74) is 6.94. The van der Waals surface area contributed by atoms with Gasteiger partial charge in [-0.3, -0.25) is 4.98 Å². The summed E-state index contributed by atoms with van der Waals surface area (Å²) in [6.07, 6.45) is 2.57. The van der Waals surface area contributed by atoms with Crippen molar-refractivity contribution < 1.29 is 13.6 Å². The van der Waals surface area contributed by atoms with E-state index >= 15 is 0 Å². The monoisotopic (exact) mass is 243 g/mol. The lowest BCUT2D eigenvalue weighted by molar-refractivity contribution is 0.318. The number of aromatic nitrogens is 1. The zero-order chi connectivity index (χ0) is 12.3. The fourth-order valence-electron chi connectivity index (χ4n) is 1.21. The zero-order valence-corrected chi connectivity index (χ0v) is 9.82. The van der Waals surface area contributed by atoms with Gasteiger partial charge in [0.2, 0.25) is 0 Å². The fourth-order valence-corrected chi connectivity index (χ4v) is 2.06. The quantitative estimate of drug-likeness (QED) is 0.337. The summed E-state index contributed by atoms with van der Waals surface area (Å²) in [5, 5.41) is 11.3. The van der Waals surface area contributed by atoms with Crippen LogP contribution in [0.25, 0.3) is 0 Å². The zero-order valence-electron chi connectivity index (χ0n) is 9.01. The second-order valence-corrected chi connectivity index (χ2v) is 5.66. The molecule has 0 unspecified atom stereocenters. The number of hydrogen-bond acceptors (Lipinski definition) is 5. The summed E-state index contributed by atoms with van der Waals surface area (Å²) in [6.45, 7) is 1.70. The SMILES string of the molecule is Cc1ncc(C(N)=NO)cc1CS(C)(=O)=O. The summed E-state index contributed by atoms with van der Waals surface area (Å²) >= 11 is 0. The minimum absolute atomic E-state index is 0.0951. The third kappa shape index (κ3) is 3.20. The molecule has 3 N–H and O–H groups in total. The highest BCUT2D eigenvalue weighted by Gasteiger charge is 2.10. The second kappa shape index (κ2) is 4.48. The molecule has 0 saturated carbocycles. The van der Waals surface area contributed by atoms with Crippen molar-refractivity contribution in [2.24, 2.45) is 10.9 Å². The van der Waals surface area contributed by atoms with Gasteiger partial charge in [0.05, 0.1) is 5.75 Å². The normalized spacial score (nSPS) is 12.8. The molecule has 0 spiro atoms. The predicted octanol–water partition coefficient (Wildman–Crippen LogP) is 0.0291. The molecule has 0 fully saturated rings. The number of aryl methyl sites for hydroxylation is 1. The first-order chi connectivity index (χ1) is 7.33. The van der Waals surface area contributed by atoms with Gasteiger partial charge in [-0.05, 0) is 18.6 Å². The first-order valence-corrected chi connectivity index (χ1v) is 6.50. The molecule has 0 atom stereocenters. The first-order valence-electron chi connectivity index (χ1n) is 4.44. The highest BCUT2D eigenvalue weighted by Crippen LogP contribution is 2.11. The van der Waals surface area contributed by atoms with Gasteiger partial charge in [0.15, 0.2) is 15.7 Å². The molecule has 0 radical (unpaired) electrons. The summed E-state index contributed by atoms with van der Waals surface area (Å²) in [7, 11) is -3.13. The third-order valence-electron chi connectivity index (χ3n) is 2.01. The van der Waals surface area contributed by atoms with Gasteiger partial charge >= 0.3 is 0 Å². The molecule has 6 nitrogen and oxygen atoms in total. The van der Waals surface area contributed by atoms with Crippen molar-refractivity contribution in [3.05, 3.63) is 29.1 Å². The van der Waals surface area contributed by atoms with E-state index in [4.69, 9.17) is 10.9 Å². The van der Waals surface area contributed by atoms with Gasteiger partial charge in [0, 0.05) is 23.7 Å². The molecule has 0 amide bonds. The molecule has 1 heterocycles. The number of oxime groups is 1. The minimum atomic E-state index is -3.13. The Hall–Kier alpha value is -1.63.